The SMILES string of the molecule is CCN(CCNC)c1cccc2sccc12. The third kappa shape index (κ3) is 2.20. The number of nitrogens with zero attached hydrogens (tertiary/aromatic N) is 1. The number of rotatable bonds is 5. The molecule has 0 aliphatic heterocycles. The summed E-state index contributed by atoms with van der Waals surface area (Å²) in [5.74, 6) is 0. The van der Waals surface area contributed by atoms with Gasteiger partial charge in [0.2, 0.25) is 0 Å². The van der Waals surface area contributed by atoms with Crippen molar-refractivity contribution in [3.05, 3.63) is 29.6 Å². The second-order valence-corrected chi connectivity index (χ2v) is 4.74. The van der Waals surface area contributed by atoms with Gasteiger partial charge in [-0.1, -0.05) is 6.07 Å². The van der Waals surface area contributed by atoms with Crippen LogP contribution in [-0.2, 0) is 0 Å². The molecule has 0 saturated carbocycles. The molecule has 0 radical (unpaired) electrons. The standard InChI is InChI=1S/C13H18N2S/c1-3-15(9-8-14-2)12-5-4-6-13-11(12)7-10-16-13/h4-7,10,14H,3,8-9H2,1-2H3. The van der Waals surface area contributed by atoms with Gasteiger partial charge < -0.3 is 10.2 Å². The monoisotopic (exact) mass is 234 g/mol. The molecule has 2 nitrogen and oxygen atoms in total. The second kappa shape index (κ2) is 5.32. The molecule has 0 spiro atoms. The van der Waals surface area contributed by atoms with Crippen LogP contribution < -0.4 is 10.2 Å². The van der Waals surface area contributed by atoms with E-state index in [1.54, 1.807) is 0 Å². The first kappa shape index (κ1) is 11.4. The van der Waals surface area contributed by atoms with Crippen LogP contribution in [0.3, 0.4) is 0 Å². The fourth-order valence-corrected chi connectivity index (χ4v) is 2.76. The minimum absolute atomic E-state index is 1.02. The van der Waals surface area contributed by atoms with Gasteiger partial charge in [0.25, 0.3) is 0 Å². The first-order valence-corrected chi connectivity index (χ1v) is 6.60. The third-order valence-corrected chi connectivity index (χ3v) is 3.71. The first-order valence-electron chi connectivity index (χ1n) is 5.72. The molecule has 2 rings (SSSR count). The fourth-order valence-electron chi connectivity index (χ4n) is 1.95. The number of hydrogen-bond donors (Lipinski definition) is 1. The van der Waals surface area contributed by atoms with Crippen molar-refractivity contribution < 1.29 is 0 Å². The van der Waals surface area contributed by atoms with Crippen LogP contribution >= 0.6 is 11.3 Å². The average molecular weight is 234 g/mol. The van der Waals surface area contributed by atoms with Crippen molar-refractivity contribution in [1.82, 2.24) is 5.32 Å². The Morgan fingerprint density at radius 2 is 2.19 bits per heavy atom. The Balaban J connectivity index is 2.32. The molecule has 1 aromatic carbocycles. The number of likely N-dealkylation sites (N-methyl/N-ethyl adjacent to an activating group) is 2. The van der Waals surface area contributed by atoms with E-state index in [0.29, 0.717) is 0 Å². The number of benzene rings is 1. The van der Waals surface area contributed by atoms with Crippen LogP contribution in [0.2, 0.25) is 0 Å². The van der Waals surface area contributed by atoms with E-state index in [2.05, 4.69) is 46.8 Å². The normalized spacial score (nSPS) is 10.9. The van der Waals surface area contributed by atoms with Crippen molar-refractivity contribution in [3.8, 4) is 0 Å². The van der Waals surface area contributed by atoms with Crippen LogP contribution in [0.15, 0.2) is 29.6 Å². The third-order valence-electron chi connectivity index (χ3n) is 2.83. The van der Waals surface area contributed by atoms with Gasteiger partial charge in [-0.2, -0.15) is 0 Å². The Morgan fingerprint density at radius 3 is 2.94 bits per heavy atom. The molecule has 0 amide bonds. The predicted molar refractivity (Wildman–Crippen MR) is 73.6 cm³/mol. The fraction of sp³-hybridized carbons (Fsp3) is 0.385. The van der Waals surface area contributed by atoms with E-state index in [1.807, 2.05) is 18.4 Å². The zero-order valence-corrected chi connectivity index (χ0v) is 10.7. The molecule has 0 unspecified atom stereocenters. The Labute approximate surface area is 101 Å². The summed E-state index contributed by atoms with van der Waals surface area (Å²) in [4.78, 5) is 2.42. The van der Waals surface area contributed by atoms with Crippen molar-refractivity contribution in [3.63, 3.8) is 0 Å². The molecular formula is C13H18N2S. The molecule has 1 aromatic heterocycles. The maximum atomic E-state index is 3.21. The molecule has 86 valence electrons. The quantitative estimate of drug-likeness (QED) is 0.855. The molecule has 0 aliphatic rings. The smallest absolute Gasteiger partial charge is 0.0454 e. The van der Waals surface area contributed by atoms with Gasteiger partial charge in [0.05, 0.1) is 0 Å². The highest BCUT2D eigenvalue weighted by atomic mass is 32.1. The lowest BCUT2D eigenvalue weighted by Crippen LogP contribution is -2.30. The zero-order valence-electron chi connectivity index (χ0n) is 9.86. The molecule has 0 atom stereocenters. The number of hydrogen-bond acceptors (Lipinski definition) is 3. The second-order valence-electron chi connectivity index (χ2n) is 3.79. The van der Waals surface area contributed by atoms with Crippen molar-refractivity contribution >= 4 is 27.1 Å². The molecule has 0 fully saturated rings. The number of fused-ring (bicyclic) bond motifs is 1. The summed E-state index contributed by atoms with van der Waals surface area (Å²) in [5.41, 5.74) is 1.36. The number of anilines is 1. The van der Waals surface area contributed by atoms with E-state index in [9.17, 15) is 0 Å². The van der Waals surface area contributed by atoms with E-state index in [0.717, 1.165) is 19.6 Å². The Morgan fingerprint density at radius 1 is 1.31 bits per heavy atom. The van der Waals surface area contributed by atoms with Crippen LogP contribution in [0, 0.1) is 0 Å². The first-order chi connectivity index (χ1) is 7.86. The molecule has 2 aromatic rings. The lowest BCUT2D eigenvalue weighted by Gasteiger charge is -2.23. The van der Waals surface area contributed by atoms with E-state index in [1.165, 1.54) is 15.8 Å². The van der Waals surface area contributed by atoms with E-state index >= 15 is 0 Å². The van der Waals surface area contributed by atoms with Crippen LogP contribution in [0.5, 0.6) is 0 Å². The lowest BCUT2D eigenvalue weighted by molar-refractivity contribution is 0.738. The highest BCUT2D eigenvalue weighted by molar-refractivity contribution is 7.17. The van der Waals surface area contributed by atoms with Crippen LogP contribution in [0.25, 0.3) is 10.1 Å². The molecule has 0 aliphatic carbocycles. The largest absolute Gasteiger partial charge is 0.370 e. The van der Waals surface area contributed by atoms with Gasteiger partial charge in [-0.25, -0.2) is 0 Å². The Hall–Kier alpha value is -1.06. The minimum Gasteiger partial charge on any atom is -0.370 e. The Kier molecular flexibility index (Phi) is 3.80. The minimum atomic E-state index is 1.02. The summed E-state index contributed by atoms with van der Waals surface area (Å²) >= 11 is 1.81. The lowest BCUT2D eigenvalue weighted by atomic mass is 10.2. The summed E-state index contributed by atoms with van der Waals surface area (Å²) in [6.45, 7) is 5.34. The molecule has 0 saturated heterocycles. The van der Waals surface area contributed by atoms with Crippen molar-refractivity contribution in [2.45, 2.75) is 6.92 Å². The van der Waals surface area contributed by atoms with Crippen LogP contribution in [0.1, 0.15) is 6.92 Å². The van der Waals surface area contributed by atoms with E-state index in [-0.39, 0.29) is 0 Å². The van der Waals surface area contributed by atoms with Crippen molar-refractivity contribution in [2.24, 2.45) is 0 Å². The van der Waals surface area contributed by atoms with E-state index in [4.69, 9.17) is 0 Å². The average Bonchev–Trinajstić information content (AvgIpc) is 2.78. The summed E-state index contributed by atoms with van der Waals surface area (Å²) in [7, 11) is 2.00. The molecule has 1 N–H and O–H groups in total. The molecule has 16 heavy (non-hydrogen) atoms. The maximum absolute atomic E-state index is 3.21. The topological polar surface area (TPSA) is 15.3 Å². The number of nitrogens with one attached hydrogen (secondary N) is 1. The van der Waals surface area contributed by atoms with Gasteiger partial charge in [-0.05, 0) is 37.6 Å². The van der Waals surface area contributed by atoms with Crippen LogP contribution in [0.4, 0.5) is 5.69 Å². The highest BCUT2D eigenvalue weighted by Gasteiger charge is 2.08. The van der Waals surface area contributed by atoms with Crippen molar-refractivity contribution in [1.29, 1.82) is 0 Å². The predicted octanol–water partition coefficient (Wildman–Crippen LogP) is 2.95. The summed E-state index contributed by atoms with van der Waals surface area (Å²) in [5, 5.41) is 6.75. The van der Waals surface area contributed by atoms with Gasteiger partial charge in [0.1, 0.15) is 0 Å². The Bertz CT molecular complexity index is 450. The van der Waals surface area contributed by atoms with Gasteiger partial charge in [-0.3, -0.25) is 0 Å². The summed E-state index contributed by atoms with van der Waals surface area (Å²) < 4.78 is 1.38. The van der Waals surface area contributed by atoms with Gasteiger partial charge in [-0.15, -0.1) is 11.3 Å². The molecule has 0 bridgehead atoms. The maximum Gasteiger partial charge on any atom is 0.0454 e. The van der Waals surface area contributed by atoms with Gasteiger partial charge in [0.15, 0.2) is 0 Å². The van der Waals surface area contributed by atoms with Gasteiger partial charge >= 0.3 is 0 Å². The van der Waals surface area contributed by atoms with E-state index < -0.39 is 0 Å². The van der Waals surface area contributed by atoms with Crippen molar-refractivity contribution in [2.75, 3.05) is 31.6 Å². The summed E-state index contributed by atoms with van der Waals surface area (Å²) in [6.07, 6.45) is 0. The number of thiophene rings is 1. The zero-order chi connectivity index (χ0) is 11.4. The van der Waals surface area contributed by atoms with Crippen LogP contribution in [-0.4, -0.2) is 26.7 Å². The summed E-state index contributed by atoms with van der Waals surface area (Å²) in [6, 6.07) is 8.77. The molecule has 3 heteroatoms. The van der Waals surface area contributed by atoms with Gasteiger partial charge in [0, 0.05) is 35.4 Å². The molecular weight excluding hydrogens is 216 g/mol. The highest BCUT2D eigenvalue weighted by Crippen LogP contribution is 2.30. The molecule has 1 heterocycles.